The molecule has 8 heteroatoms. The first-order valence-corrected chi connectivity index (χ1v) is 11.6. The van der Waals surface area contributed by atoms with Gasteiger partial charge in [0.25, 0.3) is 0 Å². The summed E-state index contributed by atoms with van der Waals surface area (Å²) in [6.07, 6.45) is 3.41. The van der Waals surface area contributed by atoms with Crippen LogP contribution in [0.5, 0.6) is 0 Å². The summed E-state index contributed by atoms with van der Waals surface area (Å²) in [7, 11) is 1.88. The van der Waals surface area contributed by atoms with Crippen molar-refractivity contribution < 1.29 is 4.79 Å². The van der Waals surface area contributed by atoms with Crippen molar-refractivity contribution in [3.8, 4) is 0 Å². The van der Waals surface area contributed by atoms with Crippen LogP contribution in [0.4, 0.5) is 5.82 Å². The van der Waals surface area contributed by atoms with E-state index in [1.807, 2.05) is 56.6 Å². The Labute approximate surface area is 199 Å². The van der Waals surface area contributed by atoms with Crippen LogP contribution in [0.25, 0.3) is 11.0 Å². The third-order valence-corrected chi connectivity index (χ3v) is 6.60. The number of fused-ring (bicyclic) bond motifs is 1. The Morgan fingerprint density at radius 1 is 0.912 bits per heavy atom. The molecule has 0 aliphatic carbocycles. The van der Waals surface area contributed by atoms with Gasteiger partial charge in [0.2, 0.25) is 5.91 Å². The summed E-state index contributed by atoms with van der Waals surface area (Å²) >= 11 is 0. The fourth-order valence-electron chi connectivity index (χ4n) is 4.60. The summed E-state index contributed by atoms with van der Waals surface area (Å²) in [5.41, 5.74) is 2.97. The van der Waals surface area contributed by atoms with E-state index in [1.165, 1.54) is 0 Å². The lowest BCUT2D eigenvalue weighted by Gasteiger charge is -2.38. The van der Waals surface area contributed by atoms with E-state index in [0.29, 0.717) is 0 Å². The third kappa shape index (κ3) is 4.36. The highest BCUT2D eigenvalue weighted by Gasteiger charge is 2.29. The van der Waals surface area contributed by atoms with Crippen molar-refractivity contribution in [1.29, 1.82) is 0 Å². The monoisotopic (exact) mass is 455 g/mol. The Morgan fingerprint density at radius 3 is 2.15 bits per heavy atom. The summed E-state index contributed by atoms with van der Waals surface area (Å²) in [6, 6.07) is 19.8. The smallest absolute Gasteiger partial charge is 0.237 e. The number of aromatic nitrogens is 4. The molecule has 0 saturated carbocycles. The van der Waals surface area contributed by atoms with E-state index in [0.717, 1.165) is 54.2 Å². The molecule has 1 aliphatic heterocycles. The van der Waals surface area contributed by atoms with Crippen LogP contribution in [0.2, 0.25) is 0 Å². The van der Waals surface area contributed by atoms with Gasteiger partial charge < -0.3 is 10.2 Å². The van der Waals surface area contributed by atoms with Crippen LogP contribution in [0.1, 0.15) is 24.1 Å². The number of piperazine rings is 1. The number of rotatable bonds is 6. The molecule has 0 radical (unpaired) electrons. The molecule has 5 rings (SSSR count). The maximum atomic E-state index is 13.3. The zero-order chi connectivity index (χ0) is 23.5. The number of aryl methyl sites for hydroxylation is 1. The number of nitrogens with zero attached hydrogens (tertiary/aromatic N) is 6. The number of anilines is 1. The number of carbonyl (C=O) groups excluding carboxylic acids is 1. The van der Waals surface area contributed by atoms with Crippen LogP contribution in [0.15, 0.2) is 73.2 Å². The van der Waals surface area contributed by atoms with Gasteiger partial charge in [0.05, 0.1) is 23.7 Å². The van der Waals surface area contributed by atoms with Crippen molar-refractivity contribution in [2.45, 2.75) is 19.0 Å². The van der Waals surface area contributed by atoms with E-state index >= 15 is 0 Å². The molecule has 0 unspecified atom stereocenters. The molecule has 0 spiro atoms. The summed E-state index contributed by atoms with van der Waals surface area (Å²) in [4.78, 5) is 26.7. The second-order valence-electron chi connectivity index (χ2n) is 8.66. The molecule has 8 nitrogen and oxygen atoms in total. The highest BCUT2D eigenvalue weighted by molar-refractivity contribution is 5.86. The first-order valence-electron chi connectivity index (χ1n) is 11.6. The van der Waals surface area contributed by atoms with Gasteiger partial charge in [-0.3, -0.25) is 14.4 Å². The first-order chi connectivity index (χ1) is 16.6. The molecule has 1 aliphatic rings. The average molecular weight is 456 g/mol. The molecule has 1 saturated heterocycles. The summed E-state index contributed by atoms with van der Waals surface area (Å²) in [5, 5.41) is 8.57. The zero-order valence-electron chi connectivity index (χ0n) is 19.5. The van der Waals surface area contributed by atoms with Crippen LogP contribution >= 0.6 is 0 Å². The normalized spacial score (nSPS) is 15.6. The van der Waals surface area contributed by atoms with E-state index in [1.54, 1.807) is 11.0 Å². The van der Waals surface area contributed by atoms with Crippen LogP contribution in [-0.4, -0.2) is 62.8 Å². The Balaban J connectivity index is 1.26. The number of benzene rings is 2. The van der Waals surface area contributed by atoms with Gasteiger partial charge in [-0.05, 0) is 18.1 Å². The van der Waals surface area contributed by atoms with E-state index in [4.69, 9.17) is 0 Å². The van der Waals surface area contributed by atoms with Crippen LogP contribution < -0.4 is 10.2 Å². The molecule has 2 aromatic carbocycles. The SMILES string of the molecule is C[C@@H](C(=O)NC(c1ccccc1)c1ccccc1)N1CCN(c2ncnc3c2cnn3C)CC1. The highest BCUT2D eigenvalue weighted by atomic mass is 16.2. The highest BCUT2D eigenvalue weighted by Crippen LogP contribution is 2.25. The van der Waals surface area contributed by atoms with Crippen LogP contribution in [-0.2, 0) is 11.8 Å². The maximum Gasteiger partial charge on any atom is 0.237 e. The van der Waals surface area contributed by atoms with E-state index in [9.17, 15) is 4.79 Å². The van der Waals surface area contributed by atoms with Gasteiger partial charge in [-0.1, -0.05) is 60.7 Å². The molecule has 1 N–H and O–H groups in total. The number of hydrogen-bond acceptors (Lipinski definition) is 6. The van der Waals surface area contributed by atoms with E-state index < -0.39 is 0 Å². The molecule has 2 aromatic heterocycles. The molecule has 174 valence electrons. The predicted molar refractivity (Wildman–Crippen MR) is 132 cm³/mol. The summed E-state index contributed by atoms with van der Waals surface area (Å²) in [6.45, 7) is 5.13. The lowest BCUT2D eigenvalue weighted by Crippen LogP contribution is -2.54. The molecule has 1 atom stereocenters. The average Bonchev–Trinajstić information content (AvgIpc) is 3.28. The molecule has 34 heavy (non-hydrogen) atoms. The number of nitrogens with one attached hydrogen (secondary N) is 1. The van der Waals surface area contributed by atoms with Gasteiger partial charge >= 0.3 is 0 Å². The summed E-state index contributed by atoms with van der Waals surface area (Å²) in [5.74, 6) is 0.936. The quantitative estimate of drug-likeness (QED) is 0.482. The van der Waals surface area contributed by atoms with Gasteiger partial charge in [0.15, 0.2) is 5.65 Å². The second kappa shape index (κ2) is 9.61. The molecule has 0 bridgehead atoms. The van der Waals surface area contributed by atoms with Gasteiger partial charge in [0, 0.05) is 33.2 Å². The maximum absolute atomic E-state index is 13.3. The predicted octanol–water partition coefficient (Wildman–Crippen LogP) is 2.78. The van der Waals surface area contributed by atoms with Gasteiger partial charge in [0.1, 0.15) is 12.1 Å². The van der Waals surface area contributed by atoms with E-state index in [2.05, 4.69) is 54.4 Å². The van der Waals surface area contributed by atoms with Crippen molar-refractivity contribution in [2.75, 3.05) is 31.1 Å². The number of amides is 1. The Hall–Kier alpha value is -3.78. The first kappa shape index (κ1) is 22.0. The fourth-order valence-corrected chi connectivity index (χ4v) is 4.60. The largest absolute Gasteiger partial charge is 0.353 e. The lowest BCUT2D eigenvalue weighted by atomic mass is 9.98. The van der Waals surface area contributed by atoms with Gasteiger partial charge in [-0.2, -0.15) is 5.10 Å². The molecule has 1 fully saturated rings. The molecular weight excluding hydrogens is 426 g/mol. The molecule has 3 heterocycles. The molecule has 1 amide bonds. The van der Waals surface area contributed by atoms with Crippen molar-refractivity contribution >= 4 is 22.8 Å². The molecule has 4 aromatic rings. The fraction of sp³-hybridized carbons (Fsp3) is 0.308. The zero-order valence-corrected chi connectivity index (χ0v) is 19.5. The van der Waals surface area contributed by atoms with Gasteiger partial charge in [-0.15, -0.1) is 0 Å². The minimum atomic E-state index is -0.235. The van der Waals surface area contributed by atoms with Crippen LogP contribution in [0.3, 0.4) is 0 Å². The standard InChI is InChI=1S/C26H29N7O/c1-19(26(34)30-23(20-9-5-3-6-10-20)21-11-7-4-8-12-21)32-13-15-33(16-14-32)25-22-17-29-31(2)24(22)27-18-28-25/h3-12,17-19,23H,13-16H2,1-2H3,(H,30,34)/t19-/m0/s1. The van der Waals surface area contributed by atoms with Gasteiger partial charge in [-0.25, -0.2) is 9.97 Å². The minimum absolute atomic E-state index is 0.0304. The van der Waals surface area contributed by atoms with Crippen molar-refractivity contribution in [3.63, 3.8) is 0 Å². The topological polar surface area (TPSA) is 79.2 Å². The summed E-state index contributed by atoms with van der Waals surface area (Å²) < 4.78 is 1.76. The van der Waals surface area contributed by atoms with E-state index in [-0.39, 0.29) is 18.0 Å². The lowest BCUT2D eigenvalue weighted by molar-refractivity contribution is -0.126. The third-order valence-electron chi connectivity index (χ3n) is 6.60. The van der Waals surface area contributed by atoms with Crippen molar-refractivity contribution in [3.05, 3.63) is 84.3 Å². The number of hydrogen-bond donors (Lipinski definition) is 1. The number of carbonyl (C=O) groups is 1. The Kier molecular flexibility index (Phi) is 6.22. The Morgan fingerprint density at radius 2 is 1.53 bits per heavy atom. The van der Waals surface area contributed by atoms with Crippen molar-refractivity contribution in [2.24, 2.45) is 7.05 Å². The van der Waals surface area contributed by atoms with Crippen LogP contribution in [0, 0.1) is 0 Å². The minimum Gasteiger partial charge on any atom is -0.353 e. The second-order valence-corrected chi connectivity index (χ2v) is 8.66. The van der Waals surface area contributed by atoms with Crippen molar-refractivity contribution in [1.82, 2.24) is 30.0 Å². The Bertz CT molecular complexity index is 1210. The molecular formula is C26H29N7O.